The Morgan fingerprint density at radius 2 is 2.21 bits per heavy atom. The molecule has 2 nitrogen and oxygen atoms in total. The van der Waals surface area contributed by atoms with Crippen LogP contribution in [-0.4, -0.2) is 5.16 Å². The van der Waals surface area contributed by atoms with E-state index in [-0.39, 0.29) is 0 Å². The van der Waals surface area contributed by atoms with Crippen molar-refractivity contribution in [2.75, 3.05) is 0 Å². The maximum absolute atomic E-state index is 5.15. The molecule has 0 unspecified atom stereocenters. The van der Waals surface area contributed by atoms with Crippen molar-refractivity contribution in [3.8, 4) is 0 Å². The lowest BCUT2D eigenvalue weighted by Gasteiger charge is -1.99. The van der Waals surface area contributed by atoms with E-state index in [9.17, 15) is 0 Å². The quantitative estimate of drug-likeness (QED) is 0.682. The van der Waals surface area contributed by atoms with Crippen molar-refractivity contribution >= 4 is 16.5 Å². The molecule has 2 heteroatoms. The first-order chi connectivity index (χ1) is 6.72. The van der Waals surface area contributed by atoms with E-state index >= 15 is 0 Å². The Bertz CT molecular complexity index is 494. The van der Waals surface area contributed by atoms with Gasteiger partial charge in [-0.1, -0.05) is 17.3 Å². The minimum atomic E-state index is 0.857. The van der Waals surface area contributed by atoms with E-state index in [1.165, 1.54) is 11.1 Å². The highest BCUT2D eigenvalue weighted by Gasteiger charge is 2.04. The van der Waals surface area contributed by atoms with Crippen LogP contribution in [0.1, 0.15) is 25.1 Å². The fourth-order valence-corrected chi connectivity index (χ4v) is 1.47. The summed E-state index contributed by atoms with van der Waals surface area (Å²) in [5.74, 6) is 0. The molecular formula is C12H13NO. The lowest BCUT2D eigenvalue weighted by atomic mass is 10.0. The van der Waals surface area contributed by atoms with Gasteiger partial charge >= 0.3 is 0 Å². The number of aryl methyl sites for hydroxylation is 1. The van der Waals surface area contributed by atoms with Gasteiger partial charge in [-0.2, -0.15) is 0 Å². The maximum Gasteiger partial charge on any atom is 0.167 e. The molecule has 0 aliphatic heterocycles. The van der Waals surface area contributed by atoms with Crippen LogP contribution in [0.4, 0.5) is 0 Å². The molecule has 1 aromatic heterocycles. The van der Waals surface area contributed by atoms with Gasteiger partial charge in [0.25, 0.3) is 0 Å². The van der Waals surface area contributed by atoms with Gasteiger partial charge in [0.15, 0.2) is 5.58 Å². The predicted octanol–water partition coefficient (Wildman–Crippen LogP) is 3.56. The molecule has 2 aromatic rings. The zero-order valence-electron chi connectivity index (χ0n) is 8.66. The summed E-state index contributed by atoms with van der Waals surface area (Å²) >= 11 is 0. The monoisotopic (exact) mass is 187 g/mol. The van der Waals surface area contributed by atoms with Gasteiger partial charge in [0.2, 0.25) is 0 Å². The first-order valence-corrected chi connectivity index (χ1v) is 4.71. The maximum atomic E-state index is 5.15. The summed E-state index contributed by atoms with van der Waals surface area (Å²) in [5, 5.41) is 5.03. The Balaban J connectivity index is 2.66. The fourth-order valence-electron chi connectivity index (χ4n) is 1.47. The normalized spacial score (nSPS) is 12.4. The molecule has 0 atom stereocenters. The van der Waals surface area contributed by atoms with E-state index in [0.29, 0.717) is 0 Å². The van der Waals surface area contributed by atoms with Crippen LogP contribution in [0.5, 0.6) is 0 Å². The second kappa shape index (κ2) is 3.29. The molecular weight excluding hydrogens is 174 g/mol. The Hall–Kier alpha value is -1.57. The number of rotatable bonds is 1. The average molecular weight is 187 g/mol. The predicted molar refractivity (Wildman–Crippen MR) is 58.1 cm³/mol. The summed E-state index contributed by atoms with van der Waals surface area (Å²) in [6.45, 7) is 6.10. The largest absolute Gasteiger partial charge is 0.356 e. The zero-order chi connectivity index (χ0) is 10.1. The first kappa shape index (κ1) is 9.00. The number of nitrogens with zero attached hydrogens (tertiary/aromatic N) is 1. The van der Waals surface area contributed by atoms with E-state index in [4.69, 9.17) is 4.52 Å². The SMILES string of the molecule is CC=C(C)c1ccc2onc(C)c2c1. The summed E-state index contributed by atoms with van der Waals surface area (Å²) in [5.41, 5.74) is 4.31. The summed E-state index contributed by atoms with van der Waals surface area (Å²) in [6, 6.07) is 6.15. The second-order valence-corrected chi connectivity index (χ2v) is 3.45. The Morgan fingerprint density at radius 1 is 1.43 bits per heavy atom. The summed E-state index contributed by atoms with van der Waals surface area (Å²) < 4.78 is 5.15. The van der Waals surface area contributed by atoms with Crippen molar-refractivity contribution in [3.63, 3.8) is 0 Å². The molecule has 0 radical (unpaired) electrons. The molecule has 0 N–H and O–H groups in total. The van der Waals surface area contributed by atoms with Crippen LogP contribution in [0.25, 0.3) is 16.5 Å². The number of aromatic nitrogens is 1. The van der Waals surface area contributed by atoms with E-state index < -0.39 is 0 Å². The highest BCUT2D eigenvalue weighted by atomic mass is 16.5. The minimum absolute atomic E-state index is 0.857. The fraction of sp³-hybridized carbons (Fsp3) is 0.250. The van der Waals surface area contributed by atoms with E-state index in [2.05, 4.69) is 30.3 Å². The van der Waals surface area contributed by atoms with Gasteiger partial charge < -0.3 is 4.52 Å². The van der Waals surface area contributed by atoms with Gasteiger partial charge in [0.1, 0.15) is 0 Å². The molecule has 2 rings (SSSR count). The lowest BCUT2D eigenvalue weighted by molar-refractivity contribution is 0.450. The third-order valence-corrected chi connectivity index (χ3v) is 2.54. The molecule has 0 aliphatic rings. The standard InChI is InChI=1S/C12H13NO/c1-4-8(2)10-5-6-12-11(7-10)9(3)13-14-12/h4-7H,1-3H3. The third kappa shape index (κ3) is 1.33. The van der Waals surface area contributed by atoms with Gasteiger partial charge in [-0.05, 0) is 44.0 Å². The van der Waals surface area contributed by atoms with Crippen LogP contribution < -0.4 is 0 Å². The Morgan fingerprint density at radius 3 is 2.93 bits per heavy atom. The van der Waals surface area contributed by atoms with Gasteiger partial charge in [-0.3, -0.25) is 0 Å². The van der Waals surface area contributed by atoms with E-state index in [1.54, 1.807) is 0 Å². The van der Waals surface area contributed by atoms with Gasteiger partial charge in [0.05, 0.1) is 5.69 Å². The van der Waals surface area contributed by atoms with Crippen molar-refractivity contribution in [2.24, 2.45) is 0 Å². The van der Waals surface area contributed by atoms with Crippen LogP contribution in [0.15, 0.2) is 28.8 Å². The number of hydrogen-bond acceptors (Lipinski definition) is 2. The van der Waals surface area contributed by atoms with Gasteiger partial charge in [-0.15, -0.1) is 0 Å². The van der Waals surface area contributed by atoms with Crippen molar-refractivity contribution in [2.45, 2.75) is 20.8 Å². The van der Waals surface area contributed by atoms with E-state index in [1.807, 2.05) is 19.9 Å². The molecule has 0 bridgehead atoms. The highest BCUT2D eigenvalue weighted by Crippen LogP contribution is 2.23. The number of fused-ring (bicyclic) bond motifs is 1. The topological polar surface area (TPSA) is 26.0 Å². The molecule has 1 aromatic carbocycles. The molecule has 0 aliphatic carbocycles. The van der Waals surface area contributed by atoms with Gasteiger partial charge in [-0.25, -0.2) is 0 Å². The third-order valence-electron chi connectivity index (χ3n) is 2.54. The van der Waals surface area contributed by atoms with Crippen LogP contribution in [0.2, 0.25) is 0 Å². The van der Waals surface area contributed by atoms with Crippen molar-refractivity contribution in [3.05, 3.63) is 35.5 Å². The van der Waals surface area contributed by atoms with Crippen LogP contribution in [0, 0.1) is 6.92 Å². The van der Waals surface area contributed by atoms with Crippen LogP contribution in [0.3, 0.4) is 0 Å². The smallest absolute Gasteiger partial charge is 0.167 e. The second-order valence-electron chi connectivity index (χ2n) is 3.45. The average Bonchev–Trinajstić information content (AvgIpc) is 2.59. The van der Waals surface area contributed by atoms with E-state index in [0.717, 1.165) is 16.7 Å². The molecule has 14 heavy (non-hydrogen) atoms. The molecule has 0 saturated carbocycles. The van der Waals surface area contributed by atoms with Crippen molar-refractivity contribution < 1.29 is 4.52 Å². The summed E-state index contributed by atoms with van der Waals surface area (Å²) in [6.07, 6.45) is 2.10. The highest BCUT2D eigenvalue weighted by molar-refractivity contribution is 5.83. The summed E-state index contributed by atoms with van der Waals surface area (Å²) in [4.78, 5) is 0. The number of benzene rings is 1. The minimum Gasteiger partial charge on any atom is -0.356 e. The van der Waals surface area contributed by atoms with Crippen LogP contribution in [-0.2, 0) is 0 Å². The number of allylic oxidation sites excluding steroid dienone is 2. The molecule has 0 fully saturated rings. The van der Waals surface area contributed by atoms with Crippen LogP contribution >= 0.6 is 0 Å². The first-order valence-electron chi connectivity index (χ1n) is 4.71. The summed E-state index contributed by atoms with van der Waals surface area (Å²) in [7, 11) is 0. The number of hydrogen-bond donors (Lipinski definition) is 0. The molecule has 0 spiro atoms. The van der Waals surface area contributed by atoms with Gasteiger partial charge in [0, 0.05) is 5.39 Å². The molecule has 72 valence electrons. The molecule has 1 heterocycles. The molecule has 0 saturated heterocycles. The van der Waals surface area contributed by atoms with Crippen molar-refractivity contribution in [1.29, 1.82) is 0 Å². The Labute approximate surface area is 83.2 Å². The van der Waals surface area contributed by atoms with Crippen molar-refractivity contribution in [1.82, 2.24) is 5.16 Å². The molecule has 0 amide bonds. The lowest BCUT2D eigenvalue weighted by Crippen LogP contribution is -1.79. The zero-order valence-corrected chi connectivity index (χ0v) is 8.66. The Kier molecular flexibility index (Phi) is 2.12.